The van der Waals surface area contributed by atoms with Gasteiger partial charge in [0.25, 0.3) is 0 Å². The summed E-state index contributed by atoms with van der Waals surface area (Å²) in [5, 5.41) is 0. The lowest BCUT2D eigenvalue weighted by atomic mass is 10.1. The van der Waals surface area contributed by atoms with Crippen LogP contribution in [-0.4, -0.2) is 4.98 Å². The maximum atomic E-state index is 13.0. The number of aryl methyl sites for hydroxylation is 1. The number of aromatic nitrogens is 1. The highest BCUT2D eigenvalue weighted by Crippen LogP contribution is 2.18. The van der Waals surface area contributed by atoms with Gasteiger partial charge in [-0.15, -0.1) is 0 Å². The molecule has 3 rings (SSSR count). The zero-order chi connectivity index (χ0) is 16.1. The summed E-state index contributed by atoms with van der Waals surface area (Å²) < 4.78 is 18.7. The molecule has 0 aliphatic rings. The molecule has 2 aromatic carbocycles. The summed E-state index contributed by atoms with van der Waals surface area (Å²) in [7, 11) is 0. The average Bonchev–Trinajstić information content (AvgIpc) is 2.58. The minimum absolute atomic E-state index is 0.219. The summed E-state index contributed by atoms with van der Waals surface area (Å²) >= 11 is 0. The molecular weight excluding hydrogens is 289 g/mol. The van der Waals surface area contributed by atoms with Gasteiger partial charge in [-0.1, -0.05) is 42.5 Å². The van der Waals surface area contributed by atoms with Gasteiger partial charge in [0.1, 0.15) is 18.2 Å². The van der Waals surface area contributed by atoms with E-state index in [1.54, 1.807) is 18.3 Å². The van der Waals surface area contributed by atoms with E-state index in [0.717, 1.165) is 28.1 Å². The van der Waals surface area contributed by atoms with Crippen molar-refractivity contribution >= 4 is 0 Å². The first kappa shape index (κ1) is 15.2. The Morgan fingerprint density at radius 3 is 2.39 bits per heavy atom. The second-order valence-electron chi connectivity index (χ2n) is 5.51. The molecular formula is C20H18FNO. The molecule has 0 unspecified atom stereocenters. The van der Waals surface area contributed by atoms with Crippen LogP contribution in [0.3, 0.4) is 0 Å². The Morgan fingerprint density at radius 2 is 1.70 bits per heavy atom. The molecule has 2 nitrogen and oxygen atoms in total. The van der Waals surface area contributed by atoms with E-state index in [1.807, 2.05) is 43.3 Å². The SMILES string of the molecule is Cc1cc(OCc2ccccc2)cnc1Cc1ccc(F)cc1. The highest BCUT2D eigenvalue weighted by molar-refractivity contribution is 5.32. The fourth-order valence-corrected chi connectivity index (χ4v) is 2.38. The van der Waals surface area contributed by atoms with Crippen LogP contribution in [0, 0.1) is 12.7 Å². The normalized spacial score (nSPS) is 10.5. The van der Waals surface area contributed by atoms with Crippen LogP contribution in [0.5, 0.6) is 5.75 Å². The van der Waals surface area contributed by atoms with Gasteiger partial charge in [0.2, 0.25) is 0 Å². The molecule has 0 amide bonds. The third-order valence-corrected chi connectivity index (χ3v) is 3.69. The lowest BCUT2D eigenvalue weighted by Crippen LogP contribution is -2.00. The fourth-order valence-electron chi connectivity index (χ4n) is 2.38. The molecule has 0 spiro atoms. The lowest BCUT2D eigenvalue weighted by Gasteiger charge is -2.10. The summed E-state index contributed by atoms with van der Waals surface area (Å²) in [4.78, 5) is 4.49. The highest BCUT2D eigenvalue weighted by Gasteiger charge is 2.05. The Balaban J connectivity index is 1.67. The second kappa shape index (κ2) is 7.05. The van der Waals surface area contributed by atoms with Gasteiger partial charge in [0.15, 0.2) is 0 Å². The number of hydrogen-bond donors (Lipinski definition) is 0. The van der Waals surface area contributed by atoms with Crippen molar-refractivity contribution < 1.29 is 9.13 Å². The first-order valence-corrected chi connectivity index (χ1v) is 7.57. The van der Waals surface area contributed by atoms with Gasteiger partial charge in [0.05, 0.1) is 6.20 Å². The van der Waals surface area contributed by atoms with Gasteiger partial charge in [-0.05, 0) is 41.8 Å². The number of benzene rings is 2. The van der Waals surface area contributed by atoms with Crippen molar-refractivity contribution in [2.75, 3.05) is 0 Å². The summed E-state index contributed by atoms with van der Waals surface area (Å²) in [6, 6.07) is 18.6. The molecule has 0 fully saturated rings. The number of rotatable bonds is 5. The maximum absolute atomic E-state index is 13.0. The van der Waals surface area contributed by atoms with E-state index in [4.69, 9.17) is 4.74 Å². The first-order valence-electron chi connectivity index (χ1n) is 7.57. The number of ether oxygens (including phenoxy) is 1. The van der Waals surface area contributed by atoms with Crippen molar-refractivity contribution in [3.8, 4) is 5.75 Å². The third-order valence-electron chi connectivity index (χ3n) is 3.69. The minimum atomic E-state index is -0.219. The minimum Gasteiger partial charge on any atom is -0.487 e. The largest absolute Gasteiger partial charge is 0.487 e. The topological polar surface area (TPSA) is 22.1 Å². The summed E-state index contributed by atoms with van der Waals surface area (Å²) in [5.41, 5.74) is 4.21. The predicted molar refractivity (Wildman–Crippen MR) is 89.0 cm³/mol. The zero-order valence-electron chi connectivity index (χ0n) is 13.0. The van der Waals surface area contributed by atoms with E-state index in [9.17, 15) is 4.39 Å². The van der Waals surface area contributed by atoms with E-state index in [-0.39, 0.29) is 5.82 Å². The molecule has 3 heteroatoms. The number of hydrogen-bond acceptors (Lipinski definition) is 2. The molecule has 0 bridgehead atoms. The number of nitrogens with zero attached hydrogens (tertiary/aromatic N) is 1. The molecule has 23 heavy (non-hydrogen) atoms. The van der Waals surface area contributed by atoms with Crippen LogP contribution in [0.4, 0.5) is 4.39 Å². The smallest absolute Gasteiger partial charge is 0.138 e. The van der Waals surface area contributed by atoms with E-state index in [2.05, 4.69) is 4.98 Å². The molecule has 116 valence electrons. The molecule has 0 aliphatic heterocycles. The van der Waals surface area contributed by atoms with Crippen LogP contribution in [0.15, 0.2) is 66.9 Å². The van der Waals surface area contributed by atoms with E-state index in [0.29, 0.717) is 13.0 Å². The Morgan fingerprint density at radius 1 is 0.957 bits per heavy atom. The fraction of sp³-hybridized carbons (Fsp3) is 0.150. The monoisotopic (exact) mass is 307 g/mol. The van der Waals surface area contributed by atoms with Crippen molar-refractivity contribution in [2.24, 2.45) is 0 Å². The van der Waals surface area contributed by atoms with E-state index >= 15 is 0 Å². The van der Waals surface area contributed by atoms with Crippen LogP contribution in [0.1, 0.15) is 22.4 Å². The Bertz CT molecular complexity index is 769. The highest BCUT2D eigenvalue weighted by atomic mass is 19.1. The molecule has 0 radical (unpaired) electrons. The van der Waals surface area contributed by atoms with Crippen molar-refractivity contribution in [1.29, 1.82) is 0 Å². The molecule has 0 saturated carbocycles. The van der Waals surface area contributed by atoms with Crippen LogP contribution < -0.4 is 4.74 Å². The lowest BCUT2D eigenvalue weighted by molar-refractivity contribution is 0.304. The number of pyridine rings is 1. The predicted octanol–water partition coefficient (Wildman–Crippen LogP) is 4.70. The Kier molecular flexibility index (Phi) is 4.67. The van der Waals surface area contributed by atoms with E-state index in [1.165, 1.54) is 12.1 Å². The van der Waals surface area contributed by atoms with Crippen LogP contribution >= 0.6 is 0 Å². The first-order chi connectivity index (χ1) is 11.2. The summed E-state index contributed by atoms with van der Waals surface area (Å²) in [5.74, 6) is 0.539. The number of halogens is 1. The van der Waals surface area contributed by atoms with Gasteiger partial charge in [-0.3, -0.25) is 4.98 Å². The van der Waals surface area contributed by atoms with Gasteiger partial charge in [0, 0.05) is 12.1 Å². The molecule has 3 aromatic rings. The van der Waals surface area contributed by atoms with Crippen molar-refractivity contribution in [3.63, 3.8) is 0 Å². The van der Waals surface area contributed by atoms with Crippen LogP contribution in [0.25, 0.3) is 0 Å². The summed E-state index contributed by atoms with van der Waals surface area (Å²) in [6.45, 7) is 2.54. The third kappa shape index (κ3) is 4.16. The molecule has 0 N–H and O–H groups in total. The van der Waals surface area contributed by atoms with Crippen molar-refractivity contribution in [2.45, 2.75) is 20.0 Å². The zero-order valence-corrected chi connectivity index (χ0v) is 13.0. The Labute approximate surface area is 135 Å². The van der Waals surface area contributed by atoms with Gasteiger partial charge in [-0.2, -0.15) is 0 Å². The molecule has 0 saturated heterocycles. The van der Waals surface area contributed by atoms with Gasteiger partial charge < -0.3 is 4.74 Å². The second-order valence-corrected chi connectivity index (χ2v) is 5.51. The molecule has 0 aliphatic carbocycles. The van der Waals surface area contributed by atoms with E-state index < -0.39 is 0 Å². The van der Waals surface area contributed by atoms with Crippen molar-refractivity contribution in [3.05, 3.63) is 95.1 Å². The average molecular weight is 307 g/mol. The molecule has 0 atom stereocenters. The maximum Gasteiger partial charge on any atom is 0.138 e. The molecule has 1 heterocycles. The quantitative estimate of drug-likeness (QED) is 0.681. The van der Waals surface area contributed by atoms with Crippen molar-refractivity contribution in [1.82, 2.24) is 4.98 Å². The standard InChI is InChI=1S/C20H18FNO/c1-15-11-19(23-14-17-5-3-2-4-6-17)13-22-20(15)12-16-7-9-18(21)10-8-16/h2-11,13H,12,14H2,1H3. The van der Waals surface area contributed by atoms with Crippen LogP contribution in [-0.2, 0) is 13.0 Å². The van der Waals surface area contributed by atoms with Gasteiger partial charge >= 0.3 is 0 Å². The van der Waals surface area contributed by atoms with Gasteiger partial charge in [-0.25, -0.2) is 4.39 Å². The molecule has 1 aromatic heterocycles. The Hall–Kier alpha value is -2.68. The summed E-state index contributed by atoms with van der Waals surface area (Å²) in [6.07, 6.45) is 2.43. The van der Waals surface area contributed by atoms with Crippen LogP contribution in [0.2, 0.25) is 0 Å².